The Morgan fingerprint density at radius 1 is 1.33 bits per heavy atom. The van der Waals surface area contributed by atoms with Crippen molar-refractivity contribution >= 4 is 23.1 Å². The van der Waals surface area contributed by atoms with Crippen molar-refractivity contribution in [3.8, 4) is 0 Å². The maximum atomic E-state index is 13.6. The Hall–Kier alpha value is -1.95. The van der Waals surface area contributed by atoms with Crippen molar-refractivity contribution in [1.82, 2.24) is 4.90 Å². The van der Waals surface area contributed by atoms with Gasteiger partial charge in [0.2, 0.25) is 0 Å². The van der Waals surface area contributed by atoms with Crippen LogP contribution in [-0.2, 0) is 0 Å². The van der Waals surface area contributed by atoms with Gasteiger partial charge in [-0.05, 0) is 36.4 Å². The molecule has 1 fully saturated rings. The van der Waals surface area contributed by atoms with Gasteiger partial charge in [-0.3, -0.25) is 0 Å². The molecular weight excluding hydrogens is 294 g/mol. The van der Waals surface area contributed by atoms with Crippen LogP contribution in [0.3, 0.4) is 0 Å². The lowest BCUT2D eigenvalue weighted by Gasteiger charge is -2.24. The zero-order valence-corrected chi connectivity index (χ0v) is 12.0. The van der Waals surface area contributed by atoms with Gasteiger partial charge in [-0.1, -0.05) is 6.07 Å². The number of thiophene rings is 1. The average Bonchev–Trinajstić information content (AvgIpc) is 3.10. The molecule has 1 aliphatic rings. The zero-order chi connectivity index (χ0) is 14.8. The molecule has 1 atom stereocenters. The number of hydrogen-bond acceptors (Lipinski definition) is 2. The Morgan fingerprint density at radius 3 is 2.90 bits per heavy atom. The van der Waals surface area contributed by atoms with Crippen LogP contribution in [0.5, 0.6) is 0 Å². The summed E-state index contributed by atoms with van der Waals surface area (Å²) in [6.45, 7) is 0.636. The van der Waals surface area contributed by atoms with Gasteiger partial charge >= 0.3 is 6.03 Å². The van der Waals surface area contributed by atoms with E-state index in [1.54, 1.807) is 16.2 Å². The van der Waals surface area contributed by atoms with Crippen LogP contribution >= 0.6 is 11.3 Å². The molecule has 0 aliphatic carbocycles. The lowest BCUT2D eigenvalue weighted by molar-refractivity contribution is 0.207. The fourth-order valence-electron chi connectivity index (χ4n) is 2.56. The van der Waals surface area contributed by atoms with Crippen LogP contribution in [-0.4, -0.2) is 17.5 Å². The molecular formula is C15H14F2N2OS. The van der Waals surface area contributed by atoms with E-state index in [2.05, 4.69) is 5.32 Å². The molecule has 1 aromatic carbocycles. The number of hydrogen-bond donors (Lipinski definition) is 1. The largest absolute Gasteiger partial charge is 0.322 e. The number of nitrogens with zero attached hydrogens (tertiary/aromatic N) is 1. The van der Waals surface area contributed by atoms with Gasteiger partial charge in [0.25, 0.3) is 0 Å². The molecule has 1 saturated heterocycles. The van der Waals surface area contributed by atoms with Gasteiger partial charge in [0.05, 0.1) is 11.7 Å². The number of anilines is 1. The predicted octanol–water partition coefficient (Wildman–Crippen LogP) is 4.40. The van der Waals surface area contributed by atoms with E-state index in [1.807, 2.05) is 17.5 Å². The van der Waals surface area contributed by atoms with Gasteiger partial charge < -0.3 is 10.2 Å². The summed E-state index contributed by atoms with van der Waals surface area (Å²) < 4.78 is 26.5. The molecule has 21 heavy (non-hydrogen) atoms. The first kappa shape index (κ1) is 14.0. The topological polar surface area (TPSA) is 32.3 Å². The van der Waals surface area contributed by atoms with Crippen molar-refractivity contribution in [2.24, 2.45) is 0 Å². The second-order valence-electron chi connectivity index (χ2n) is 4.92. The molecule has 3 rings (SSSR count). The number of halogens is 2. The summed E-state index contributed by atoms with van der Waals surface area (Å²) in [5, 5.41) is 4.50. The van der Waals surface area contributed by atoms with Crippen LogP contribution in [0.2, 0.25) is 0 Å². The number of amides is 2. The Bertz CT molecular complexity index is 645. The van der Waals surface area contributed by atoms with E-state index in [0.29, 0.717) is 6.54 Å². The van der Waals surface area contributed by atoms with Gasteiger partial charge in [-0.15, -0.1) is 11.3 Å². The number of carbonyl (C=O) groups is 1. The van der Waals surface area contributed by atoms with Crippen LogP contribution < -0.4 is 5.32 Å². The molecule has 0 unspecified atom stereocenters. The van der Waals surface area contributed by atoms with Crippen LogP contribution in [0.25, 0.3) is 0 Å². The first-order chi connectivity index (χ1) is 10.1. The third-order valence-corrected chi connectivity index (χ3v) is 4.53. The van der Waals surface area contributed by atoms with Crippen molar-refractivity contribution in [2.45, 2.75) is 18.9 Å². The summed E-state index contributed by atoms with van der Waals surface area (Å²) in [4.78, 5) is 15.1. The van der Waals surface area contributed by atoms with Crippen molar-refractivity contribution in [3.05, 3.63) is 52.2 Å². The zero-order valence-electron chi connectivity index (χ0n) is 11.2. The minimum atomic E-state index is -0.768. The number of benzene rings is 1. The minimum absolute atomic E-state index is 0.00164. The lowest BCUT2D eigenvalue weighted by atomic mass is 10.2. The van der Waals surface area contributed by atoms with Crippen molar-refractivity contribution in [2.75, 3.05) is 11.9 Å². The van der Waals surface area contributed by atoms with Gasteiger partial charge in [0.1, 0.15) is 11.6 Å². The summed E-state index contributed by atoms with van der Waals surface area (Å²) in [6, 6.07) is 6.76. The van der Waals surface area contributed by atoms with Gasteiger partial charge in [0.15, 0.2) is 0 Å². The standard InChI is InChI=1S/C15H14F2N2OS/c16-10-5-6-12(11(17)9-10)18-15(20)19-7-1-3-13(19)14-4-2-8-21-14/h2,4-6,8-9,13H,1,3,7H2,(H,18,20)/t13-/m1/s1. The highest BCUT2D eigenvalue weighted by molar-refractivity contribution is 7.10. The van der Waals surface area contributed by atoms with E-state index in [1.165, 1.54) is 6.07 Å². The third-order valence-electron chi connectivity index (χ3n) is 3.56. The lowest BCUT2D eigenvalue weighted by Crippen LogP contribution is -2.34. The number of likely N-dealkylation sites (tertiary alicyclic amines) is 1. The smallest absolute Gasteiger partial charge is 0.317 e. The number of nitrogens with one attached hydrogen (secondary N) is 1. The average molecular weight is 308 g/mol. The number of rotatable bonds is 2. The van der Waals surface area contributed by atoms with Crippen molar-refractivity contribution in [3.63, 3.8) is 0 Å². The van der Waals surface area contributed by atoms with E-state index < -0.39 is 11.6 Å². The van der Waals surface area contributed by atoms with Crippen molar-refractivity contribution in [1.29, 1.82) is 0 Å². The van der Waals surface area contributed by atoms with Crippen molar-refractivity contribution < 1.29 is 13.6 Å². The maximum Gasteiger partial charge on any atom is 0.322 e. The van der Waals surface area contributed by atoms with E-state index in [0.717, 1.165) is 29.9 Å². The fourth-order valence-corrected chi connectivity index (χ4v) is 3.44. The molecule has 6 heteroatoms. The molecule has 0 radical (unpaired) electrons. The van der Waals surface area contributed by atoms with Gasteiger partial charge in [-0.25, -0.2) is 13.6 Å². The maximum absolute atomic E-state index is 13.6. The molecule has 2 heterocycles. The molecule has 0 saturated carbocycles. The third kappa shape index (κ3) is 2.90. The van der Waals surface area contributed by atoms with Crippen LogP contribution in [0.4, 0.5) is 19.3 Å². The normalized spacial score (nSPS) is 18.0. The fraction of sp³-hybridized carbons (Fsp3) is 0.267. The molecule has 2 aromatic rings. The Balaban J connectivity index is 1.75. The molecule has 3 nitrogen and oxygen atoms in total. The molecule has 0 bridgehead atoms. The second-order valence-corrected chi connectivity index (χ2v) is 5.90. The van der Waals surface area contributed by atoms with E-state index in [4.69, 9.17) is 0 Å². The van der Waals surface area contributed by atoms with Gasteiger partial charge in [0, 0.05) is 17.5 Å². The second kappa shape index (κ2) is 5.81. The highest BCUT2D eigenvalue weighted by Gasteiger charge is 2.30. The highest BCUT2D eigenvalue weighted by atomic mass is 32.1. The Labute approximate surface area is 125 Å². The molecule has 110 valence electrons. The summed E-state index contributed by atoms with van der Waals surface area (Å²) in [5.41, 5.74) is -0.00164. The first-order valence-corrected chi connectivity index (χ1v) is 7.59. The first-order valence-electron chi connectivity index (χ1n) is 6.71. The van der Waals surface area contributed by atoms with Gasteiger partial charge in [-0.2, -0.15) is 0 Å². The molecule has 2 amide bonds. The quantitative estimate of drug-likeness (QED) is 0.876. The van der Waals surface area contributed by atoms with E-state index >= 15 is 0 Å². The van der Waals surface area contributed by atoms with Crippen LogP contribution in [0.15, 0.2) is 35.7 Å². The molecule has 0 spiro atoms. The van der Waals surface area contributed by atoms with Crippen LogP contribution in [0.1, 0.15) is 23.8 Å². The summed E-state index contributed by atoms with van der Waals surface area (Å²) >= 11 is 1.61. The van der Waals surface area contributed by atoms with Crippen LogP contribution in [0, 0.1) is 11.6 Å². The Morgan fingerprint density at radius 2 is 2.19 bits per heavy atom. The molecule has 1 aromatic heterocycles. The van der Waals surface area contributed by atoms with E-state index in [9.17, 15) is 13.6 Å². The monoisotopic (exact) mass is 308 g/mol. The SMILES string of the molecule is O=C(Nc1ccc(F)cc1F)N1CCC[C@@H]1c1cccs1. The summed E-state index contributed by atoms with van der Waals surface area (Å²) in [7, 11) is 0. The number of urea groups is 1. The summed E-state index contributed by atoms with van der Waals surface area (Å²) in [6.07, 6.45) is 1.82. The predicted molar refractivity (Wildman–Crippen MR) is 78.4 cm³/mol. The minimum Gasteiger partial charge on any atom is -0.317 e. The highest BCUT2D eigenvalue weighted by Crippen LogP contribution is 2.34. The molecule has 1 N–H and O–H groups in total. The van der Waals surface area contributed by atoms with E-state index in [-0.39, 0.29) is 17.8 Å². The molecule has 1 aliphatic heterocycles. The Kier molecular flexibility index (Phi) is 3.88. The number of carbonyl (C=O) groups excluding carboxylic acids is 1. The summed E-state index contributed by atoms with van der Waals surface area (Å²) in [5.74, 6) is -1.43.